The topological polar surface area (TPSA) is 68.3 Å². The van der Waals surface area contributed by atoms with Crippen LogP contribution in [0.25, 0.3) is 0 Å². The number of carbonyl (C=O) groups is 1. The third kappa shape index (κ3) is 3.69. The highest BCUT2D eigenvalue weighted by molar-refractivity contribution is 5.83. The number of amides is 1. The van der Waals surface area contributed by atoms with Crippen molar-refractivity contribution < 1.29 is 9.21 Å². The molecule has 0 saturated heterocycles. The van der Waals surface area contributed by atoms with E-state index in [1.807, 2.05) is 49.4 Å². The predicted octanol–water partition coefficient (Wildman–Crippen LogP) is 2.03. The van der Waals surface area contributed by atoms with Gasteiger partial charge in [0.05, 0.1) is 6.26 Å². The summed E-state index contributed by atoms with van der Waals surface area (Å²) in [5.41, 5.74) is 6.74. The van der Waals surface area contributed by atoms with Gasteiger partial charge in [-0.3, -0.25) is 4.79 Å². The first-order valence-corrected chi connectivity index (χ1v) is 6.30. The Morgan fingerprint density at radius 2 is 2.00 bits per heavy atom. The average Bonchev–Trinajstić information content (AvgIpc) is 2.91. The largest absolute Gasteiger partial charge is 0.469 e. The lowest BCUT2D eigenvalue weighted by Gasteiger charge is -2.17. The van der Waals surface area contributed by atoms with Crippen LogP contribution in [0.15, 0.2) is 53.1 Å². The Morgan fingerprint density at radius 1 is 1.26 bits per heavy atom. The van der Waals surface area contributed by atoms with Crippen LogP contribution in [0.2, 0.25) is 0 Å². The molecule has 0 fully saturated rings. The maximum atomic E-state index is 12.0. The van der Waals surface area contributed by atoms with Gasteiger partial charge < -0.3 is 15.5 Å². The Labute approximate surface area is 112 Å². The van der Waals surface area contributed by atoms with E-state index in [1.54, 1.807) is 6.26 Å². The lowest BCUT2D eigenvalue weighted by molar-refractivity contribution is -0.123. The zero-order valence-corrected chi connectivity index (χ0v) is 10.9. The van der Waals surface area contributed by atoms with E-state index >= 15 is 0 Å². The highest BCUT2D eigenvalue weighted by atomic mass is 16.3. The van der Waals surface area contributed by atoms with E-state index < -0.39 is 6.04 Å². The molecule has 0 bridgehead atoms. The summed E-state index contributed by atoms with van der Waals surface area (Å²) in [5.74, 6) is 0.673. The van der Waals surface area contributed by atoms with Crippen LogP contribution < -0.4 is 11.1 Å². The maximum Gasteiger partial charge on any atom is 0.241 e. The molecular weight excluding hydrogens is 240 g/mol. The monoisotopic (exact) mass is 258 g/mol. The first-order valence-electron chi connectivity index (χ1n) is 6.30. The van der Waals surface area contributed by atoms with E-state index in [4.69, 9.17) is 10.2 Å². The van der Waals surface area contributed by atoms with Crippen LogP contribution in [0.5, 0.6) is 0 Å². The van der Waals surface area contributed by atoms with E-state index in [9.17, 15) is 4.79 Å². The van der Waals surface area contributed by atoms with Crippen LogP contribution in [0.3, 0.4) is 0 Å². The van der Waals surface area contributed by atoms with Crippen molar-refractivity contribution in [3.8, 4) is 0 Å². The van der Waals surface area contributed by atoms with Gasteiger partial charge in [-0.05, 0) is 24.6 Å². The summed E-state index contributed by atoms with van der Waals surface area (Å²) < 4.78 is 5.25. The minimum atomic E-state index is -0.639. The summed E-state index contributed by atoms with van der Waals surface area (Å²) in [5, 5.41) is 2.89. The molecule has 4 heteroatoms. The van der Waals surface area contributed by atoms with Crippen LogP contribution in [-0.2, 0) is 11.2 Å². The normalized spacial score (nSPS) is 13.8. The van der Waals surface area contributed by atoms with Gasteiger partial charge in [-0.15, -0.1) is 0 Å². The number of furan rings is 1. The SMILES string of the molecule is CC(Cc1ccco1)NC(=O)C(N)c1ccccc1. The van der Waals surface area contributed by atoms with Crippen LogP contribution in [0.1, 0.15) is 24.3 Å². The van der Waals surface area contributed by atoms with Gasteiger partial charge in [0.25, 0.3) is 0 Å². The first kappa shape index (κ1) is 13.4. The third-order valence-corrected chi connectivity index (χ3v) is 2.92. The highest BCUT2D eigenvalue weighted by Crippen LogP contribution is 2.10. The smallest absolute Gasteiger partial charge is 0.241 e. The molecule has 2 rings (SSSR count). The molecular formula is C15H18N2O2. The molecule has 0 radical (unpaired) electrons. The van der Waals surface area contributed by atoms with Gasteiger partial charge >= 0.3 is 0 Å². The molecule has 3 N–H and O–H groups in total. The Kier molecular flexibility index (Phi) is 4.36. The van der Waals surface area contributed by atoms with Crippen molar-refractivity contribution in [1.29, 1.82) is 0 Å². The van der Waals surface area contributed by atoms with Gasteiger partial charge in [0.1, 0.15) is 11.8 Å². The molecule has 100 valence electrons. The fourth-order valence-corrected chi connectivity index (χ4v) is 1.93. The highest BCUT2D eigenvalue weighted by Gasteiger charge is 2.17. The molecule has 2 aromatic rings. The van der Waals surface area contributed by atoms with E-state index in [0.29, 0.717) is 6.42 Å². The fourth-order valence-electron chi connectivity index (χ4n) is 1.93. The van der Waals surface area contributed by atoms with Gasteiger partial charge in [-0.1, -0.05) is 30.3 Å². The average molecular weight is 258 g/mol. The molecule has 1 heterocycles. The summed E-state index contributed by atoms with van der Waals surface area (Å²) in [4.78, 5) is 12.0. The van der Waals surface area contributed by atoms with Crippen LogP contribution in [0, 0.1) is 0 Å². The van der Waals surface area contributed by atoms with E-state index in [-0.39, 0.29) is 11.9 Å². The molecule has 0 spiro atoms. The number of rotatable bonds is 5. The molecule has 1 aromatic heterocycles. The van der Waals surface area contributed by atoms with Crippen LogP contribution >= 0.6 is 0 Å². The second kappa shape index (κ2) is 6.20. The van der Waals surface area contributed by atoms with E-state index in [0.717, 1.165) is 11.3 Å². The minimum Gasteiger partial charge on any atom is -0.469 e. The zero-order chi connectivity index (χ0) is 13.7. The van der Waals surface area contributed by atoms with Gasteiger partial charge in [-0.25, -0.2) is 0 Å². The van der Waals surface area contributed by atoms with Gasteiger partial charge in [0.15, 0.2) is 0 Å². The molecule has 0 saturated carbocycles. The summed E-state index contributed by atoms with van der Waals surface area (Å²) >= 11 is 0. The molecule has 19 heavy (non-hydrogen) atoms. The Hall–Kier alpha value is -2.07. The summed E-state index contributed by atoms with van der Waals surface area (Å²) in [6.07, 6.45) is 2.28. The van der Waals surface area contributed by atoms with Crippen LogP contribution in [-0.4, -0.2) is 11.9 Å². The third-order valence-electron chi connectivity index (χ3n) is 2.92. The summed E-state index contributed by atoms with van der Waals surface area (Å²) in [6.45, 7) is 1.93. The molecule has 0 aliphatic heterocycles. The number of hydrogen-bond acceptors (Lipinski definition) is 3. The van der Waals surface area contributed by atoms with Gasteiger partial charge in [0.2, 0.25) is 5.91 Å². The molecule has 4 nitrogen and oxygen atoms in total. The van der Waals surface area contributed by atoms with Crippen molar-refractivity contribution in [2.45, 2.75) is 25.4 Å². The molecule has 2 unspecified atom stereocenters. The minimum absolute atomic E-state index is 0.0200. The van der Waals surface area contributed by atoms with Crippen molar-refractivity contribution in [2.75, 3.05) is 0 Å². The van der Waals surface area contributed by atoms with Crippen LogP contribution in [0.4, 0.5) is 0 Å². The molecule has 2 atom stereocenters. The second-order valence-corrected chi connectivity index (χ2v) is 4.58. The number of hydrogen-bond donors (Lipinski definition) is 2. The lowest BCUT2D eigenvalue weighted by atomic mass is 10.1. The molecule has 0 aliphatic carbocycles. The molecule has 0 aliphatic rings. The second-order valence-electron chi connectivity index (χ2n) is 4.58. The van der Waals surface area contributed by atoms with Gasteiger partial charge in [-0.2, -0.15) is 0 Å². The molecule has 1 amide bonds. The van der Waals surface area contributed by atoms with E-state index in [1.165, 1.54) is 0 Å². The molecule has 1 aromatic carbocycles. The van der Waals surface area contributed by atoms with Crippen molar-refractivity contribution in [3.05, 3.63) is 60.1 Å². The van der Waals surface area contributed by atoms with Gasteiger partial charge in [0, 0.05) is 12.5 Å². The summed E-state index contributed by atoms with van der Waals surface area (Å²) in [6, 6.07) is 12.4. The van der Waals surface area contributed by atoms with Crippen molar-refractivity contribution in [3.63, 3.8) is 0 Å². The maximum absolute atomic E-state index is 12.0. The van der Waals surface area contributed by atoms with Crippen molar-refractivity contribution in [1.82, 2.24) is 5.32 Å². The summed E-state index contributed by atoms with van der Waals surface area (Å²) in [7, 11) is 0. The Balaban J connectivity index is 1.90. The number of nitrogens with one attached hydrogen (secondary N) is 1. The van der Waals surface area contributed by atoms with Crippen molar-refractivity contribution in [2.24, 2.45) is 5.73 Å². The Morgan fingerprint density at radius 3 is 2.63 bits per heavy atom. The lowest BCUT2D eigenvalue weighted by Crippen LogP contribution is -2.40. The van der Waals surface area contributed by atoms with E-state index in [2.05, 4.69) is 5.32 Å². The zero-order valence-electron chi connectivity index (χ0n) is 10.9. The Bertz CT molecular complexity index is 508. The number of carbonyl (C=O) groups excluding carboxylic acids is 1. The number of nitrogens with two attached hydrogens (primary N) is 1. The standard InChI is InChI=1S/C15H18N2O2/c1-11(10-13-8-5-9-19-13)17-15(18)14(16)12-6-3-2-4-7-12/h2-9,11,14H,10,16H2,1H3,(H,17,18). The fraction of sp³-hybridized carbons (Fsp3) is 0.267. The predicted molar refractivity (Wildman–Crippen MR) is 73.4 cm³/mol. The van der Waals surface area contributed by atoms with Crippen molar-refractivity contribution >= 4 is 5.91 Å². The number of benzene rings is 1. The quantitative estimate of drug-likeness (QED) is 0.862. The first-order chi connectivity index (χ1) is 9.16.